The Kier molecular flexibility index (Phi) is 6.59. The maximum Gasteiger partial charge on any atom is 0.264 e. The topological polar surface area (TPSA) is 70.6 Å². The van der Waals surface area contributed by atoms with Gasteiger partial charge in [0.1, 0.15) is 11.5 Å². The van der Waals surface area contributed by atoms with Crippen molar-refractivity contribution in [3.8, 4) is 11.5 Å². The normalized spacial score (nSPS) is 10.1. The monoisotopic (exact) mass is 472 g/mol. The first-order valence-electron chi connectivity index (χ1n) is 6.83. The van der Waals surface area contributed by atoms with E-state index >= 15 is 0 Å². The SMILES string of the molecule is Cc1cccc(OCC(=O)NC(=S)Nc2cc(Br)c(O)c(Br)c2)c1. The van der Waals surface area contributed by atoms with Crippen LogP contribution < -0.4 is 15.4 Å². The Labute approximate surface area is 161 Å². The van der Waals surface area contributed by atoms with Crippen LogP contribution in [0.2, 0.25) is 0 Å². The minimum Gasteiger partial charge on any atom is -0.506 e. The van der Waals surface area contributed by atoms with Crippen LogP contribution in [-0.2, 0) is 4.79 Å². The van der Waals surface area contributed by atoms with Crippen molar-refractivity contribution in [1.29, 1.82) is 0 Å². The van der Waals surface area contributed by atoms with Gasteiger partial charge in [-0.2, -0.15) is 0 Å². The second kappa shape index (κ2) is 8.46. The second-order valence-electron chi connectivity index (χ2n) is 4.90. The van der Waals surface area contributed by atoms with Crippen molar-refractivity contribution in [2.24, 2.45) is 0 Å². The molecule has 2 aromatic rings. The number of aromatic hydroxyl groups is 1. The van der Waals surface area contributed by atoms with Crippen LogP contribution in [0.3, 0.4) is 0 Å². The molecular weight excluding hydrogens is 460 g/mol. The van der Waals surface area contributed by atoms with Crippen LogP contribution in [0.4, 0.5) is 5.69 Å². The molecule has 5 nitrogen and oxygen atoms in total. The summed E-state index contributed by atoms with van der Waals surface area (Å²) in [4.78, 5) is 11.9. The van der Waals surface area contributed by atoms with Gasteiger partial charge >= 0.3 is 0 Å². The van der Waals surface area contributed by atoms with Crippen molar-refractivity contribution >= 4 is 60.8 Å². The highest BCUT2D eigenvalue weighted by atomic mass is 79.9. The summed E-state index contributed by atoms with van der Waals surface area (Å²) in [5.74, 6) is 0.336. The first-order valence-corrected chi connectivity index (χ1v) is 8.83. The van der Waals surface area contributed by atoms with E-state index in [9.17, 15) is 9.90 Å². The van der Waals surface area contributed by atoms with Gasteiger partial charge in [-0.15, -0.1) is 0 Å². The quantitative estimate of drug-likeness (QED) is 0.460. The maximum absolute atomic E-state index is 11.9. The molecule has 0 unspecified atom stereocenters. The number of aryl methyl sites for hydroxylation is 1. The second-order valence-corrected chi connectivity index (χ2v) is 7.01. The minimum absolute atomic E-state index is 0.0852. The number of carbonyl (C=O) groups excluding carboxylic acids is 1. The standard InChI is InChI=1S/C16H14Br2N2O3S/c1-9-3-2-4-11(5-9)23-8-14(21)20-16(24)19-10-6-12(17)15(22)13(18)7-10/h2-7,22H,8H2,1H3,(H2,19,20,21,24). The van der Waals surface area contributed by atoms with E-state index in [1.54, 1.807) is 18.2 Å². The number of halogens is 2. The van der Waals surface area contributed by atoms with Crippen LogP contribution in [0.15, 0.2) is 45.3 Å². The van der Waals surface area contributed by atoms with Gasteiger partial charge in [0.05, 0.1) is 8.95 Å². The zero-order valence-corrected chi connectivity index (χ0v) is 16.6. The van der Waals surface area contributed by atoms with Crippen LogP contribution in [0, 0.1) is 6.92 Å². The number of hydrogen-bond acceptors (Lipinski definition) is 4. The maximum atomic E-state index is 11.9. The summed E-state index contributed by atoms with van der Waals surface area (Å²) in [6.45, 7) is 1.80. The number of phenols is 1. The van der Waals surface area contributed by atoms with E-state index in [1.807, 2.05) is 25.1 Å². The molecule has 0 aromatic heterocycles. The van der Waals surface area contributed by atoms with Crippen LogP contribution in [0.5, 0.6) is 11.5 Å². The molecule has 1 amide bonds. The predicted octanol–water partition coefficient (Wildman–Crippen LogP) is 4.12. The number of phenolic OH excluding ortho intramolecular Hbond substituents is 1. The van der Waals surface area contributed by atoms with Crippen molar-refractivity contribution in [3.63, 3.8) is 0 Å². The molecule has 0 saturated carbocycles. The molecule has 0 atom stereocenters. The lowest BCUT2D eigenvalue weighted by Crippen LogP contribution is -2.37. The number of amides is 1. The van der Waals surface area contributed by atoms with Crippen LogP contribution >= 0.6 is 44.1 Å². The number of benzene rings is 2. The number of hydrogen-bond donors (Lipinski definition) is 3. The highest BCUT2D eigenvalue weighted by Gasteiger charge is 2.09. The van der Waals surface area contributed by atoms with E-state index in [0.717, 1.165) is 5.56 Å². The average molecular weight is 474 g/mol. The molecule has 0 fully saturated rings. The average Bonchev–Trinajstić information content (AvgIpc) is 2.50. The first-order chi connectivity index (χ1) is 11.3. The molecule has 3 N–H and O–H groups in total. The van der Waals surface area contributed by atoms with E-state index in [-0.39, 0.29) is 23.4 Å². The third kappa shape index (κ3) is 5.47. The largest absolute Gasteiger partial charge is 0.506 e. The minimum atomic E-state index is -0.370. The zero-order chi connectivity index (χ0) is 17.7. The highest BCUT2D eigenvalue weighted by Crippen LogP contribution is 2.35. The van der Waals surface area contributed by atoms with E-state index < -0.39 is 0 Å². The fourth-order valence-electron chi connectivity index (χ4n) is 1.82. The smallest absolute Gasteiger partial charge is 0.264 e. The molecule has 0 heterocycles. The summed E-state index contributed by atoms with van der Waals surface area (Å²) in [6.07, 6.45) is 0. The Morgan fingerprint density at radius 2 is 1.92 bits per heavy atom. The lowest BCUT2D eigenvalue weighted by atomic mass is 10.2. The van der Waals surface area contributed by atoms with E-state index in [4.69, 9.17) is 17.0 Å². The van der Waals surface area contributed by atoms with Crippen LogP contribution in [-0.4, -0.2) is 22.7 Å². The van der Waals surface area contributed by atoms with Crippen molar-refractivity contribution < 1.29 is 14.6 Å². The van der Waals surface area contributed by atoms with Gasteiger partial charge in [-0.05, 0) is 80.8 Å². The Bertz CT molecular complexity index is 761. The number of nitrogens with one attached hydrogen (secondary N) is 2. The summed E-state index contributed by atoms with van der Waals surface area (Å²) in [6, 6.07) is 10.7. The third-order valence-electron chi connectivity index (χ3n) is 2.89. The molecular formula is C16H14Br2N2O3S. The van der Waals surface area contributed by atoms with Gasteiger partial charge in [0.2, 0.25) is 0 Å². The van der Waals surface area contributed by atoms with Gasteiger partial charge in [0.25, 0.3) is 5.91 Å². The number of rotatable bonds is 4. The van der Waals surface area contributed by atoms with Crippen molar-refractivity contribution in [2.75, 3.05) is 11.9 Å². The summed E-state index contributed by atoms with van der Waals surface area (Å²) in [7, 11) is 0. The predicted molar refractivity (Wildman–Crippen MR) is 105 cm³/mol. The van der Waals surface area contributed by atoms with Gasteiger partial charge in [0.15, 0.2) is 11.7 Å². The molecule has 0 aliphatic heterocycles. The van der Waals surface area contributed by atoms with Gasteiger partial charge in [0, 0.05) is 5.69 Å². The van der Waals surface area contributed by atoms with E-state index in [2.05, 4.69) is 42.5 Å². The van der Waals surface area contributed by atoms with Gasteiger partial charge in [-0.25, -0.2) is 0 Å². The van der Waals surface area contributed by atoms with Crippen molar-refractivity contribution in [1.82, 2.24) is 5.32 Å². The summed E-state index contributed by atoms with van der Waals surface area (Å²) < 4.78 is 6.40. The van der Waals surface area contributed by atoms with Gasteiger partial charge in [-0.3, -0.25) is 10.1 Å². The summed E-state index contributed by atoms with van der Waals surface area (Å²) >= 11 is 11.5. The molecule has 24 heavy (non-hydrogen) atoms. The Hall–Kier alpha value is -1.64. The number of anilines is 1. The summed E-state index contributed by atoms with van der Waals surface area (Å²) in [5, 5.41) is 15.2. The fourth-order valence-corrected chi connectivity index (χ4v) is 3.23. The molecule has 0 saturated heterocycles. The summed E-state index contributed by atoms with van der Waals surface area (Å²) in [5.41, 5.74) is 1.66. The van der Waals surface area contributed by atoms with Gasteiger partial charge < -0.3 is 15.2 Å². The lowest BCUT2D eigenvalue weighted by molar-refractivity contribution is -0.121. The molecule has 0 spiro atoms. The lowest BCUT2D eigenvalue weighted by Gasteiger charge is -2.12. The first kappa shape index (κ1) is 18.7. The number of ether oxygens (including phenoxy) is 1. The molecule has 0 aliphatic carbocycles. The molecule has 0 aliphatic rings. The van der Waals surface area contributed by atoms with E-state index in [1.165, 1.54) is 0 Å². The van der Waals surface area contributed by atoms with E-state index in [0.29, 0.717) is 20.4 Å². The highest BCUT2D eigenvalue weighted by molar-refractivity contribution is 9.11. The zero-order valence-electron chi connectivity index (χ0n) is 12.6. The third-order valence-corrected chi connectivity index (χ3v) is 4.30. The van der Waals surface area contributed by atoms with Crippen molar-refractivity contribution in [3.05, 3.63) is 50.9 Å². The Morgan fingerprint density at radius 1 is 1.25 bits per heavy atom. The Balaban J connectivity index is 1.87. The molecule has 2 rings (SSSR count). The van der Waals surface area contributed by atoms with Gasteiger partial charge in [-0.1, -0.05) is 12.1 Å². The fraction of sp³-hybridized carbons (Fsp3) is 0.125. The van der Waals surface area contributed by atoms with Crippen molar-refractivity contribution in [2.45, 2.75) is 6.92 Å². The van der Waals surface area contributed by atoms with Crippen LogP contribution in [0.1, 0.15) is 5.56 Å². The molecule has 126 valence electrons. The number of carbonyl (C=O) groups is 1. The van der Waals surface area contributed by atoms with Crippen LogP contribution in [0.25, 0.3) is 0 Å². The molecule has 0 radical (unpaired) electrons. The Morgan fingerprint density at radius 3 is 2.54 bits per heavy atom. The molecule has 0 bridgehead atoms. The number of thiocarbonyl (C=S) groups is 1. The molecule has 2 aromatic carbocycles. The molecule has 8 heteroatoms.